The lowest BCUT2D eigenvalue weighted by molar-refractivity contribution is -0.0212. The SMILES string of the molecule is Cc1ccc(CN2CCO[C@H](C)C2)c(Br)c1. The Hall–Kier alpha value is -0.380. The van der Waals surface area contributed by atoms with E-state index < -0.39 is 0 Å². The van der Waals surface area contributed by atoms with E-state index in [0.29, 0.717) is 6.10 Å². The molecule has 0 amide bonds. The molecule has 0 bridgehead atoms. The number of hydrogen-bond acceptors (Lipinski definition) is 2. The second kappa shape index (κ2) is 5.30. The van der Waals surface area contributed by atoms with E-state index in [4.69, 9.17) is 4.74 Å². The topological polar surface area (TPSA) is 12.5 Å². The maximum absolute atomic E-state index is 5.54. The minimum Gasteiger partial charge on any atom is -0.376 e. The number of rotatable bonds is 2. The number of hydrogen-bond donors (Lipinski definition) is 0. The van der Waals surface area contributed by atoms with Crippen LogP contribution in [0.1, 0.15) is 18.1 Å². The molecule has 1 atom stereocenters. The van der Waals surface area contributed by atoms with Crippen molar-refractivity contribution in [3.63, 3.8) is 0 Å². The smallest absolute Gasteiger partial charge is 0.0674 e. The number of ether oxygens (including phenoxy) is 1. The molecule has 0 aliphatic carbocycles. The van der Waals surface area contributed by atoms with Crippen LogP contribution in [0.5, 0.6) is 0 Å². The van der Waals surface area contributed by atoms with Crippen LogP contribution in [0.25, 0.3) is 0 Å². The van der Waals surface area contributed by atoms with E-state index in [1.807, 2.05) is 0 Å². The first-order valence-corrected chi connectivity index (χ1v) is 6.53. The third-order valence-corrected chi connectivity index (χ3v) is 3.67. The van der Waals surface area contributed by atoms with Gasteiger partial charge in [-0.25, -0.2) is 0 Å². The van der Waals surface area contributed by atoms with Crippen molar-refractivity contribution in [2.45, 2.75) is 26.5 Å². The summed E-state index contributed by atoms with van der Waals surface area (Å²) in [4.78, 5) is 2.45. The van der Waals surface area contributed by atoms with E-state index in [-0.39, 0.29) is 0 Å². The molecule has 0 aromatic heterocycles. The van der Waals surface area contributed by atoms with E-state index in [1.54, 1.807) is 0 Å². The molecule has 1 aromatic rings. The van der Waals surface area contributed by atoms with Gasteiger partial charge in [0.2, 0.25) is 0 Å². The van der Waals surface area contributed by atoms with Gasteiger partial charge in [-0.2, -0.15) is 0 Å². The highest BCUT2D eigenvalue weighted by molar-refractivity contribution is 9.10. The number of benzene rings is 1. The Labute approximate surface area is 106 Å². The summed E-state index contributed by atoms with van der Waals surface area (Å²) >= 11 is 3.63. The molecule has 1 saturated heterocycles. The lowest BCUT2D eigenvalue weighted by Gasteiger charge is -2.31. The monoisotopic (exact) mass is 283 g/mol. The van der Waals surface area contributed by atoms with Gasteiger partial charge >= 0.3 is 0 Å². The molecule has 0 unspecified atom stereocenters. The first-order chi connectivity index (χ1) is 7.65. The van der Waals surface area contributed by atoms with E-state index >= 15 is 0 Å². The van der Waals surface area contributed by atoms with Crippen LogP contribution in [-0.4, -0.2) is 30.7 Å². The highest BCUT2D eigenvalue weighted by atomic mass is 79.9. The molecule has 0 spiro atoms. The third kappa shape index (κ3) is 3.06. The van der Waals surface area contributed by atoms with Crippen molar-refractivity contribution in [2.24, 2.45) is 0 Å². The Kier molecular flexibility index (Phi) is 4.00. The van der Waals surface area contributed by atoms with Crippen molar-refractivity contribution >= 4 is 15.9 Å². The lowest BCUT2D eigenvalue weighted by Crippen LogP contribution is -2.40. The molecule has 16 heavy (non-hydrogen) atoms. The Bertz CT molecular complexity index is 367. The molecule has 1 heterocycles. The summed E-state index contributed by atoms with van der Waals surface area (Å²) in [6.45, 7) is 8.17. The maximum atomic E-state index is 5.54. The Balaban J connectivity index is 2.02. The van der Waals surface area contributed by atoms with Gasteiger partial charge in [-0.15, -0.1) is 0 Å². The molecular weight excluding hydrogens is 266 g/mol. The quantitative estimate of drug-likeness (QED) is 0.828. The summed E-state index contributed by atoms with van der Waals surface area (Å²) in [5.74, 6) is 0. The molecule has 3 heteroatoms. The average molecular weight is 284 g/mol. The average Bonchev–Trinajstić information content (AvgIpc) is 2.22. The number of aryl methyl sites for hydroxylation is 1. The van der Waals surface area contributed by atoms with Crippen molar-refractivity contribution in [2.75, 3.05) is 19.7 Å². The van der Waals surface area contributed by atoms with Crippen LogP contribution in [0.4, 0.5) is 0 Å². The zero-order valence-corrected chi connectivity index (χ0v) is 11.5. The third-order valence-electron chi connectivity index (χ3n) is 2.93. The summed E-state index contributed by atoms with van der Waals surface area (Å²) in [5.41, 5.74) is 2.66. The van der Waals surface area contributed by atoms with Gasteiger partial charge in [-0.1, -0.05) is 28.1 Å². The molecule has 2 rings (SSSR count). The molecule has 0 N–H and O–H groups in total. The standard InChI is InChI=1S/C13H18BrNO/c1-10-3-4-12(13(14)7-10)9-15-5-6-16-11(2)8-15/h3-4,7,11H,5-6,8-9H2,1-2H3/t11-/m1/s1. The second-order valence-electron chi connectivity index (χ2n) is 4.51. The normalized spacial score (nSPS) is 22.3. The van der Waals surface area contributed by atoms with Crippen molar-refractivity contribution in [1.82, 2.24) is 4.90 Å². The molecule has 1 aromatic carbocycles. The number of morpholine rings is 1. The summed E-state index contributed by atoms with van der Waals surface area (Å²) < 4.78 is 6.76. The molecule has 1 aliphatic heterocycles. The van der Waals surface area contributed by atoms with E-state index in [1.165, 1.54) is 15.6 Å². The molecule has 1 fully saturated rings. The van der Waals surface area contributed by atoms with Crippen LogP contribution < -0.4 is 0 Å². The molecule has 2 nitrogen and oxygen atoms in total. The van der Waals surface area contributed by atoms with Gasteiger partial charge in [0.05, 0.1) is 12.7 Å². The Morgan fingerprint density at radius 1 is 1.50 bits per heavy atom. The second-order valence-corrected chi connectivity index (χ2v) is 5.37. The number of halogens is 1. The largest absolute Gasteiger partial charge is 0.376 e. The summed E-state index contributed by atoms with van der Waals surface area (Å²) in [6.07, 6.45) is 0.359. The highest BCUT2D eigenvalue weighted by Gasteiger charge is 2.17. The Morgan fingerprint density at radius 3 is 3.00 bits per heavy atom. The van der Waals surface area contributed by atoms with Crippen molar-refractivity contribution in [3.8, 4) is 0 Å². The van der Waals surface area contributed by atoms with Gasteiger partial charge < -0.3 is 4.74 Å². The van der Waals surface area contributed by atoms with E-state index in [2.05, 4.69) is 52.9 Å². The van der Waals surface area contributed by atoms with E-state index in [0.717, 1.165) is 26.2 Å². The van der Waals surface area contributed by atoms with Crippen LogP contribution in [0.3, 0.4) is 0 Å². The summed E-state index contributed by atoms with van der Waals surface area (Å²) in [7, 11) is 0. The first kappa shape index (κ1) is 12.1. The zero-order valence-electron chi connectivity index (χ0n) is 9.87. The van der Waals surface area contributed by atoms with Crippen LogP contribution >= 0.6 is 15.9 Å². The van der Waals surface area contributed by atoms with Crippen molar-refractivity contribution in [1.29, 1.82) is 0 Å². The molecular formula is C13H18BrNO. The Morgan fingerprint density at radius 2 is 2.31 bits per heavy atom. The minimum absolute atomic E-state index is 0.359. The van der Waals surface area contributed by atoms with Crippen LogP contribution in [-0.2, 0) is 11.3 Å². The summed E-state index contributed by atoms with van der Waals surface area (Å²) in [6, 6.07) is 6.56. The lowest BCUT2D eigenvalue weighted by atomic mass is 10.1. The van der Waals surface area contributed by atoms with Crippen LogP contribution in [0.15, 0.2) is 22.7 Å². The van der Waals surface area contributed by atoms with Gasteiger partial charge in [0.1, 0.15) is 0 Å². The van der Waals surface area contributed by atoms with Crippen LogP contribution in [0.2, 0.25) is 0 Å². The van der Waals surface area contributed by atoms with Crippen molar-refractivity contribution < 1.29 is 4.74 Å². The predicted octanol–water partition coefficient (Wildman–Crippen LogP) is 2.98. The molecule has 1 aliphatic rings. The summed E-state index contributed by atoms with van der Waals surface area (Å²) in [5, 5.41) is 0. The molecule has 88 valence electrons. The fourth-order valence-corrected chi connectivity index (χ4v) is 2.67. The fourth-order valence-electron chi connectivity index (χ4n) is 2.06. The number of nitrogens with zero attached hydrogens (tertiary/aromatic N) is 1. The first-order valence-electron chi connectivity index (χ1n) is 5.74. The molecule has 0 saturated carbocycles. The van der Waals surface area contributed by atoms with Gasteiger partial charge in [-0.3, -0.25) is 4.90 Å². The minimum atomic E-state index is 0.359. The molecule has 0 radical (unpaired) electrons. The highest BCUT2D eigenvalue weighted by Crippen LogP contribution is 2.20. The van der Waals surface area contributed by atoms with Crippen LogP contribution in [0, 0.1) is 6.92 Å². The van der Waals surface area contributed by atoms with Crippen molar-refractivity contribution in [3.05, 3.63) is 33.8 Å². The van der Waals surface area contributed by atoms with Gasteiger partial charge in [0.25, 0.3) is 0 Å². The van der Waals surface area contributed by atoms with Gasteiger partial charge in [0, 0.05) is 24.1 Å². The predicted molar refractivity (Wildman–Crippen MR) is 69.6 cm³/mol. The fraction of sp³-hybridized carbons (Fsp3) is 0.538. The van der Waals surface area contributed by atoms with Gasteiger partial charge in [-0.05, 0) is 31.0 Å². The zero-order chi connectivity index (χ0) is 11.5. The maximum Gasteiger partial charge on any atom is 0.0674 e. The van der Waals surface area contributed by atoms with Gasteiger partial charge in [0.15, 0.2) is 0 Å². The van der Waals surface area contributed by atoms with E-state index in [9.17, 15) is 0 Å².